The average molecular weight is 230 g/mol. The number of carboxylic acids is 1. The molecule has 1 N–H and O–H groups in total. The predicted octanol–water partition coefficient (Wildman–Crippen LogP) is -0.195. The molecule has 6 nitrogen and oxygen atoms in total. The molecular weight excluding hydrogens is 216 g/mol. The molecule has 0 spiro atoms. The van der Waals surface area contributed by atoms with Crippen molar-refractivity contribution in [3.8, 4) is 0 Å². The van der Waals surface area contributed by atoms with Gasteiger partial charge in [-0.2, -0.15) is 0 Å². The minimum atomic E-state index is -0.917. The van der Waals surface area contributed by atoms with Gasteiger partial charge in [0.15, 0.2) is 6.10 Å². The van der Waals surface area contributed by atoms with Gasteiger partial charge in [0, 0.05) is 14.0 Å². The average Bonchev–Trinajstić information content (AvgIpc) is 2.73. The number of fused-ring (bicyclic) bond motifs is 2. The van der Waals surface area contributed by atoms with E-state index in [0.717, 1.165) is 0 Å². The van der Waals surface area contributed by atoms with Crippen LogP contribution in [0.1, 0.15) is 13.3 Å². The highest BCUT2D eigenvalue weighted by molar-refractivity contribution is 5.72. The summed E-state index contributed by atoms with van der Waals surface area (Å²) in [7, 11) is 1.50. The zero-order valence-electron chi connectivity index (χ0n) is 9.08. The number of methoxy groups -OCH3 is 1. The van der Waals surface area contributed by atoms with Gasteiger partial charge in [0.25, 0.3) is 0 Å². The van der Waals surface area contributed by atoms with Crippen molar-refractivity contribution in [3.05, 3.63) is 0 Å². The van der Waals surface area contributed by atoms with E-state index in [9.17, 15) is 9.59 Å². The molecule has 6 heteroatoms. The van der Waals surface area contributed by atoms with Crippen LogP contribution in [0.15, 0.2) is 0 Å². The van der Waals surface area contributed by atoms with E-state index in [4.69, 9.17) is 19.3 Å². The number of aliphatic carboxylic acids is 1. The molecule has 90 valence electrons. The molecular formula is C10H14O6. The van der Waals surface area contributed by atoms with E-state index in [2.05, 4.69) is 0 Å². The fourth-order valence-corrected chi connectivity index (χ4v) is 2.51. The lowest BCUT2D eigenvalue weighted by molar-refractivity contribution is -0.161. The molecule has 2 heterocycles. The van der Waals surface area contributed by atoms with Crippen molar-refractivity contribution in [2.24, 2.45) is 5.92 Å². The van der Waals surface area contributed by atoms with Gasteiger partial charge in [-0.05, 0) is 6.42 Å². The van der Waals surface area contributed by atoms with Crippen molar-refractivity contribution in [1.82, 2.24) is 0 Å². The van der Waals surface area contributed by atoms with Gasteiger partial charge in [0.05, 0.1) is 12.0 Å². The Bertz CT molecular complexity index is 314. The number of hydrogen-bond donors (Lipinski definition) is 1. The molecule has 16 heavy (non-hydrogen) atoms. The normalized spacial score (nSPS) is 41.0. The Kier molecular flexibility index (Phi) is 2.86. The maximum absolute atomic E-state index is 11.0. The molecule has 2 rings (SSSR count). The minimum absolute atomic E-state index is 0.291. The Hall–Kier alpha value is -1.14. The summed E-state index contributed by atoms with van der Waals surface area (Å²) in [4.78, 5) is 21.9. The first-order chi connectivity index (χ1) is 7.54. The zero-order valence-corrected chi connectivity index (χ0v) is 9.08. The van der Waals surface area contributed by atoms with Gasteiger partial charge < -0.3 is 19.3 Å². The number of carbonyl (C=O) groups excluding carboxylic acids is 1. The zero-order chi connectivity index (χ0) is 11.9. The van der Waals surface area contributed by atoms with Crippen LogP contribution in [0.3, 0.4) is 0 Å². The fraction of sp³-hybridized carbons (Fsp3) is 0.800. The lowest BCUT2D eigenvalue weighted by Crippen LogP contribution is -2.47. The first-order valence-corrected chi connectivity index (χ1v) is 5.13. The van der Waals surface area contributed by atoms with Crippen molar-refractivity contribution < 1.29 is 28.9 Å². The molecule has 3 unspecified atom stereocenters. The molecule has 0 aromatic carbocycles. The number of carbonyl (C=O) groups is 2. The smallest absolute Gasteiger partial charge is 0.309 e. The molecule has 5 atom stereocenters. The fourth-order valence-electron chi connectivity index (χ4n) is 2.51. The molecule has 2 aliphatic rings. The molecule has 0 amide bonds. The van der Waals surface area contributed by atoms with Crippen LogP contribution in [-0.2, 0) is 23.8 Å². The summed E-state index contributed by atoms with van der Waals surface area (Å²) in [5.74, 6) is -1.98. The summed E-state index contributed by atoms with van der Waals surface area (Å²) >= 11 is 0. The van der Waals surface area contributed by atoms with Crippen LogP contribution >= 0.6 is 0 Å². The van der Waals surface area contributed by atoms with E-state index in [1.54, 1.807) is 0 Å². The van der Waals surface area contributed by atoms with Crippen LogP contribution in [0.5, 0.6) is 0 Å². The van der Waals surface area contributed by atoms with Crippen LogP contribution in [-0.4, -0.2) is 48.6 Å². The molecule has 2 fully saturated rings. The first kappa shape index (κ1) is 11.3. The molecule has 0 saturated carbocycles. The molecule has 0 aromatic rings. The van der Waals surface area contributed by atoms with Gasteiger partial charge in [-0.15, -0.1) is 0 Å². The highest BCUT2D eigenvalue weighted by atomic mass is 16.6. The third-order valence-electron chi connectivity index (χ3n) is 3.12. The summed E-state index contributed by atoms with van der Waals surface area (Å²) < 4.78 is 15.7. The summed E-state index contributed by atoms with van der Waals surface area (Å²) in [5.41, 5.74) is 0. The van der Waals surface area contributed by atoms with Gasteiger partial charge in [0.2, 0.25) is 0 Å². The second-order valence-electron chi connectivity index (χ2n) is 4.09. The molecule has 2 bridgehead atoms. The number of carboxylic acid groups (broad SMARTS) is 1. The Labute approximate surface area is 92.5 Å². The number of ether oxygens (including phenoxy) is 3. The van der Waals surface area contributed by atoms with Gasteiger partial charge in [0.1, 0.15) is 12.2 Å². The quantitative estimate of drug-likeness (QED) is 0.676. The van der Waals surface area contributed by atoms with E-state index >= 15 is 0 Å². The Morgan fingerprint density at radius 3 is 2.56 bits per heavy atom. The van der Waals surface area contributed by atoms with Gasteiger partial charge in [-0.3, -0.25) is 9.59 Å². The van der Waals surface area contributed by atoms with Crippen molar-refractivity contribution in [3.63, 3.8) is 0 Å². The molecule has 0 aliphatic carbocycles. The largest absolute Gasteiger partial charge is 0.481 e. The maximum atomic E-state index is 11.0. The summed E-state index contributed by atoms with van der Waals surface area (Å²) in [6.45, 7) is 1.29. The lowest BCUT2D eigenvalue weighted by Gasteiger charge is -2.29. The van der Waals surface area contributed by atoms with Crippen molar-refractivity contribution >= 4 is 11.9 Å². The van der Waals surface area contributed by atoms with Crippen molar-refractivity contribution in [2.75, 3.05) is 7.11 Å². The van der Waals surface area contributed by atoms with Crippen LogP contribution in [0.25, 0.3) is 0 Å². The van der Waals surface area contributed by atoms with E-state index < -0.39 is 30.1 Å². The van der Waals surface area contributed by atoms with E-state index in [1.807, 2.05) is 0 Å². The topological polar surface area (TPSA) is 82.1 Å². The van der Waals surface area contributed by atoms with Gasteiger partial charge >= 0.3 is 11.9 Å². The Balaban J connectivity index is 2.14. The van der Waals surface area contributed by atoms with Gasteiger partial charge in [-0.1, -0.05) is 0 Å². The third-order valence-corrected chi connectivity index (χ3v) is 3.12. The Morgan fingerprint density at radius 1 is 1.38 bits per heavy atom. The monoisotopic (exact) mass is 230 g/mol. The molecule has 2 saturated heterocycles. The minimum Gasteiger partial charge on any atom is -0.481 e. The third kappa shape index (κ3) is 1.68. The Morgan fingerprint density at radius 2 is 2.06 bits per heavy atom. The van der Waals surface area contributed by atoms with Crippen molar-refractivity contribution in [2.45, 2.75) is 37.8 Å². The summed E-state index contributed by atoms with van der Waals surface area (Å²) in [6.07, 6.45) is -1.43. The van der Waals surface area contributed by atoms with E-state index in [0.29, 0.717) is 6.42 Å². The number of esters is 1. The van der Waals surface area contributed by atoms with Crippen LogP contribution < -0.4 is 0 Å². The predicted molar refractivity (Wildman–Crippen MR) is 50.8 cm³/mol. The highest BCUT2D eigenvalue weighted by Crippen LogP contribution is 2.42. The van der Waals surface area contributed by atoms with Crippen LogP contribution in [0, 0.1) is 5.92 Å². The first-order valence-electron chi connectivity index (χ1n) is 5.13. The second-order valence-corrected chi connectivity index (χ2v) is 4.09. The summed E-state index contributed by atoms with van der Waals surface area (Å²) in [5, 5.41) is 8.98. The standard InChI is InChI=1S/C10H14O6/c1-4(11)15-9-7-5(10(12)13)3-6(16-7)8(9)14-2/h5-9H,3H2,1-2H3,(H,12,13)/t5?,6?,7-,8?,9+/m0/s1. The number of hydrogen-bond acceptors (Lipinski definition) is 5. The molecule has 0 aromatic heterocycles. The van der Waals surface area contributed by atoms with Crippen LogP contribution in [0.4, 0.5) is 0 Å². The molecule has 0 radical (unpaired) electrons. The SMILES string of the molecule is COC1C2CC(C(=O)O)[C@H](O2)[C@H]1OC(C)=O. The highest BCUT2D eigenvalue weighted by Gasteiger charge is 2.58. The van der Waals surface area contributed by atoms with Crippen LogP contribution in [0.2, 0.25) is 0 Å². The van der Waals surface area contributed by atoms with E-state index in [1.165, 1.54) is 14.0 Å². The van der Waals surface area contributed by atoms with E-state index in [-0.39, 0.29) is 12.2 Å². The lowest BCUT2D eigenvalue weighted by atomic mass is 9.85. The second kappa shape index (κ2) is 4.03. The maximum Gasteiger partial charge on any atom is 0.309 e. The van der Waals surface area contributed by atoms with Gasteiger partial charge in [-0.25, -0.2) is 0 Å². The number of rotatable bonds is 3. The molecule has 2 aliphatic heterocycles. The summed E-state index contributed by atoms with van der Waals surface area (Å²) in [6, 6.07) is 0. The van der Waals surface area contributed by atoms with Crippen molar-refractivity contribution in [1.29, 1.82) is 0 Å².